The molecule has 25 heavy (non-hydrogen) atoms. The summed E-state index contributed by atoms with van der Waals surface area (Å²) in [6.07, 6.45) is 1.98. The first-order chi connectivity index (χ1) is 12.1. The van der Waals surface area contributed by atoms with E-state index in [-0.39, 0.29) is 17.8 Å². The summed E-state index contributed by atoms with van der Waals surface area (Å²) < 4.78 is 19.0. The number of hydrogen-bond donors (Lipinski definition) is 1. The molecule has 1 amide bonds. The van der Waals surface area contributed by atoms with E-state index in [1.165, 1.54) is 12.1 Å². The molecule has 2 aromatic rings. The number of nitrogens with two attached hydrogens (primary N) is 1. The van der Waals surface area contributed by atoms with Gasteiger partial charge in [0.1, 0.15) is 17.7 Å². The fourth-order valence-corrected chi connectivity index (χ4v) is 3.12. The monoisotopic (exact) mass is 342 g/mol. The molecule has 0 spiro atoms. The maximum absolute atomic E-state index is 13.2. The molecule has 132 valence electrons. The van der Waals surface area contributed by atoms with Gasteiger partial charge in [-0.15, -0.1) is 0 Å². The summed E-state index contributed by atoms with van der Waals surface area (Å²) in [4.78, 5) is 14.3. The van der Waals surface area contributed by atoms with Crippen LogP contribution in [-0.2, 0) is 11.2 Å². The lowest BCUT2D eigenvalue weighted by Crippen LogP contribution is -2.49. The van der Waals surface area contributed by atoms with Crippen molar-refractivity contribution in [2.45, 2.75) is 31.4 Å². The van der Waals surface area contributed by atoms with Crippen molar-refractivity contribution in [1.82, 2.24) is 4.90 Å². The Labute approximate surface area is 147 Å². The Morgan fingerprint density at radius 1 is 1.16 bits per heavy atom. The number of benzene rings is 2. The molecule has 0 radical (unpaired) electrons. The Hall–Kier alpha value is -2.40. The number of carbonyl (C=O) groups excluding carboxylic acids is 1. The molecule has 1 heterocycles. The molecule has 0 aromatic heterocycles. The van der Waals surface area contributed by atoms with Crippen LogP contribution in [-0.4, -0.2) is 36.0 Å². The van der Waals surface area contributed by atoms with E-state index in [0.29, 0.717) is 25.3 Å². The highest BCUT2D eigenvalue weighted by Crippen LogP contribution is 2.20. The van der Waals surface area contributed by atoms with Gasteiger partial charge in [-0.05, 0) is 24.1 Å². The van der Waals surface area contributed by atoms with Crippen LogP contribution in [0.15, 0.2) is 54.6 Å². The van der Waals surface area contributed by atoms with Crippen LogP contribution in [0.4, 0.5) is 4.39 Å². The zero-order chi connectivity index (χ0) is 17.6. The van der Waals surface area contributed by atoms with Crippen molar-refractivity contribution in [1.29, 1.82) is 0 Å². The first-order valence-electron chi connectivity index (χ1n) is 8.62. The van der Waals surface area contributed by atoms with Gasteiger partial charge in [-0.25, -0.2) is 4.39 Å². The summed E-state index contributed by atoms with van der Waals surface area (Å²) in [5.74, 6) is 0.204. The largest absolute Gasteiger partial charge is 0.490 e. The normalized spacial score (nSPS) is 16.5. The molecule has 0 aliphatic carbocycles. The van der Waals surface area contributed by atoms with Crippen LogP contribution in [0.1, 0.15) is 18.4 Å². The minimum atomic E-state index is -0.525. The van der Waals surface area contributed by atoms with Crippen molar-refractivity contribution in [3.8, 4) is 5.75 Å². The Bertz CT molecular complexity index is 700. The van der Waals surface area contributed by atoms with Gasteiger partial charge in [0, 0.05) is 32.0 Å². The van der Waals surface area contributed by atoms with Gasteiger partial charge >= 0.3 is 0 Å². The summed E-state index contributed by atoms with van der Waals surface area (Å²) in [6.45, 7) is 1.22. The first-order valence-corrected chi connectivity index (χ1v) is 8.62. The highest BCUT2D eigenvalue weighted by molar-refractivity contribution is 5.82. The number of carbonyl (C=O) groups is 1. The van der Waals surface area contributed by atoms with E-state index in [2.05, 4.69) is 0 Å². The topological polar surface area (TPSA) is 55.6 Å². The summed E-state index contributed by atoms with van der Waals surface area (Å²) >= 11 is 0. The maximum Gasteiger partial charge on any atom is 0.239 e. The van der Waals surface area contributed by atoms with Gasteiger partial charge in [0.15, 0.2) is 0 Å². The van der Waals surface area contributed by atoms with Crippen molar-refractivity contribution >= 4 is 5.91 Å². The molecule has 0 saturated carbocycles. The molecule has 1 aliphatic heterocycles. The van der Waals surface area contributed by atoms with E-state index in [1.54, 1.807) is 17.0 Å². The molecule has 0 bridgehead atoms. The van der Waals surface area contributed by atoms with Crippen LogP contribution < -0.4 is 10.5 Å². The van der Waals surface area contributed by atoms with Gasteiger partial charge in [0.05, 0.1) is 6.04 Å². The molecular formula is C20H23FN2O2. The van der Waals surface area contributed by atoms with E-state index in [1.807, 2.05) is 30.3 Å². The van der Waals surface area contributed by atoms with Crippen molar-refractivity contribution in [3.63, 3.8) is 0 Å². The smallest absolute Gasteiger partial charge is 0.239 e. The zero-order valence-electron chi connectivity index (χ0n) is 14.1. The van der Waals surface area contributed by atoms with Crippen molar-refractivity contribution in [2.24, 2.45) is 5.73 Å². The Morgan fingerprint density at radius 2 is 1.88 bits per heavy atom. The first kappa shape index (κ1) is 17.4. The third kappa shape index (κ3) is 4.79. The lowest BCUT2D eigenvalue weighted by molar-refractivity contribution is -0.134. The number of hydrogen-bond acceptors (Lipinski definition) is 3. The molecule has 1 saturated heterocycles. The number of ether oxygens (including phenoxy) is 1. The van der Waals surface area contributed by atoms with Gasteiger partial charge in [0.2, 0.25) is 5.91 Å². The predicted molar refractivity (Wildman–Crippen MR) is 94.8 cm³/mol. The van der Waals surface area contributed by atoms with E-state index < -0.39 is 6.04 Å². The number of halogens is 1. The molecule has 1 atom stereocenters. The number of nitrogens with zero attached hydrogens (tertiary/aromatic N) is 1. The fraction of sp³-hybridized carbons (Fsp3) is 0.350. The second-order valence-electron chi connectivity index (χ2n) is 6.40. The summed E-state index contributed by atoms with van der Waals surface area (Å²) in [5, 5.41) is 0. The van der Waals surface area contributed by atoms with Gasteiger partial charge in [-0.3, -0.25) is 4.79 Å². The second-order valence-corrected chi connectivity index (χ2v) is 6.40. The van der Waals surface area contributed by atoms with Crippen LogP contribution in [0, 0.1) is 5.82 Å². The van der Waals surface area contributed by atoms with Gasteiger partial charge < -0.3 is 15.4 Å². The second kappa shape index (κ2) is 8.12. The highest BCUT2D eigenvalue weighted by atomic mass is 19.1. The number of likely N-dealkylation sites (tertiary alicyclic amines) is 1. The van der Waals surface area contributed by atoms with Crippen molar-refractivity contribution < 1.29 is 13.9 Å². The third-order valence-electron chi connectivity index (χ3n) is 4.47. The highest BCUT2D eigenvalue weighted by Gasteiger charge is 2.27. The molecule has 1 fully saturated rings. The van der Waals surface area contributed by atoms with Crippen LogP contribution in [0.25, 0.3) is 0 Å². The summed E-state index contributed by atoms with van der Waals surface area (Å²) in [5.41, 5.74) is 7.15. The molecular weight excluding hydrogens is 319 g/mol. The molecule has 4 nitrogen and oxygen atoms in total. The summed E-state index contributed by atoms with van der Waals surface area (Å²) in [7, 11) is 0. The standard InChI is InChI=1S/C20H23FN2O2/c21-16-7-4-8-18(14-16)25-17-9-11-23(12-10-17)20(24)19(22)13-15-5-2-1-3-6-15/h1-8,14,17,19H,9-13,22H2/t19-/m0/s1. The lowest BCUT2D eigenvalue weighted by Gasteiger charge is -2.33. The Balaban J connectivity index is 1.49. The van der Waals surface area contributed by atoms with E-state index in [9.17, 15) is 9.18 Å². The molecule has 5 heteroatoms. The minimum Gasteiger partial charge on any atom is -0.490 e. The predicted octanol–water partition coefficient (Wildman–Crippen LogP) is 2.77. The van der Waals surface area contributed by atoms with Crippen molar-refractivity contribution in [2.75, 3.05) is 13.1 Å². The maximum atomic E-state index is 13.2. The van der Waals surface area contributed by atoms with Gasteiger partial charge in [-0.2, -0.15) is 0 Å². The van der Waals surface area contributed by atoms with E-state index in [4.69, 9.17) is 10.5 Å². The third-order valence-corrected chi connectivity index (χ3v) is 4.47. The lowest BCUT2D eigenvalue weighted by atomic mass is 10.0. The van der Waals surface area contributed by atoms with Gasteiger partial charge in [0.25, 0.3) is 0 Å². The number of piperidine rings is 1. The average Bonchev–Trinajstić information content (AvgIpc) is 2.62. The van der Waals surface area contributed by atoms with E-state index in [0.717, 1.165) is 18.4 Å². The fourth-order valence-electron chi connectivity index (χ4n) is 3.12. The number of rotatable bonds is 5. The van der Waals surface area contributed by atoms with Crippen molar-refractivity contribution in [3.05, 3.63) is 66.0 Å². The SMILES string of the molecule is N[C@@H](Cc1ccccc1)C(=O)N1CCC(Oc2cccc(F)c2)CC1. The molecule has 3 rings (SSSR count). The molecule has 2 aromatic carbocycles. The quantitative estimate of drug-likeness (QED) is 0.909. The van der Waals surface area contributed by atoms with Crippen LogP contribution in [0.2, 0.25) is 0 Å². The Morgan fingerprint density at radius 3 is 2.56 bits per heavy atom. The summed E-state index contributed by atoms with van der Waals surface area (Å²) in [6, 6.07) is 15.4. The van der Waals surface area contributed by atoms with Crippen LogP contribution in [0.3, 0.4) is 0 Å². The zero-order valence-corrected chi connectivity index (χ0v) is 14.1. The molecule has 0 unspecified atom stereocenters. The van der Waals surface area contributed by atoms with Crippen LogP contribution >= 0.6 is 0 Å². The Kier molecular flexibility index (Phi) is 5.66. The average molecular weight is 342 g/mol. The molecule has 2 N–H and O–H groups in total. The number of amides is 1. The van der Waals surface area contributed by atoms with E-state index >= 15 is 0 Å². The van der Waals surface area contributed by atoms with Gasteiger partial charge in [-0.1, -0.05) is 36.4 Å². The molecule has 1 aliphatic rings. The minimum absolute atomic E-state index is 0.00352. The van der Waals surface area contributed by atoms with Crippen LogP contribution in [0.5, 0.6) is 5.75 Å².